The second kappa shape index (κ2) is 6.86. The average Bonchev–Trinajstić information content (AvgIpc) is 2.32. The first-order chi connectivity index (χ1) is 8.54. The molecule has 0 aliphatic rings. The normalized spacial score (nSPS) is 11.5. The molecule has 98 valence electrons. The first-order valence-electron chi connectivity index (χ1n) is 5.54. The zero-order valence-electron chi connectivity index (χ0n) is 10.2. The van der Waals surface area contributed by atoms with Gasteiger partial charge in [-0.05, 0) is 26.0 Å². The van der Waals surface area contributed by atoms with Crippen LogP contribution in [0.5, 0.6) is 5.75 Å². The third-order valence-electron chi connectivity index (χ3n) is 2.08. The quantitative estimate of drug-likeness (QED) is 0.879. The molecule has 0 aliphatic heterocycles. The molecule has 0 unspecified atom stereocenters. The highest BCUT2D eigenvalue weighted by atomic mass is 35.5. The minimum atomic E-state index is -0.812. The van der Waals surface area contributed by atoms with Crippen LogP contribution in [0.1, 0.15) is 13.8 Å². The second-order valence-corrected chi connectivity index (χ2v) is 3.95. The third-order valence-corrected chi connectivity index (χ3v) is 2.40. The van der Waals surface area contributed by atoms with E-state index < -0.39 is 18.0 Å². The van der Waals surface area contributed by atoms with E-state index in [2.05, 4.69) is 10.6 Å². The van der Waals surface area contributed by atoms with Crippen LogP contribution < -0.4 is 15.4 Å². The van der Waals surface area contributed by atoms with Crippen molar-refractivity contribution in [2.24, 2.45) is 0 Å². The molecular formula is C12H15ClN2O3. The molecule has 0 spiro atoms. The Kier molecular flexibility index (Phi) is 5.45. The Labute approximate surface area is 110 Å². The van der Waals surface area contributed by atoms with E-state index in [-0.39, 0.29) is 0 Å². The van der Waals surface area contributed by atoms with Crippen molar-refractivity contribution >= 4 is 23.5 Å². The van der Waals surface area contributed by atoms with Gasteiger partial charge in [0.05, 0.1) is 5.02 Å². The lowest BCUT2D eigenvalue weighted by Crippen LogP contribution is -2.45. The lowest BCUT2D eigenvalue weighted by molar-refractivity contribution is -0.126. The van der Waals surface area contributed by atoms with E-state index in [1.807, 2.05) is 0 Å². The Bertz CT molecular complexity index is 437. The Morgan fingerprint density at radius 3 is 2.67 bits per heavy atom. The number of ether oxygens (including phenoxy) is 1. The lowest BCUT2D eigenvalue weighted by Gasteiger charge is -2.15. The summed E-state index contributed by atoms with van der Waals surface area (Å²) in [6, 6.07) is 6.27. The highest BCUT2D eigenvalue weighted by Crippen LogP contribution is 2.24. The number of imide groups is 1. The van der Waals surface area contributed by atoms with Crippen LogP contribution in [-0.4, -0.2) is 24.6 Å². The first kappa shape index (κ1) is 14.3. The highest BCUT2D eigenvalue weighted by Gasteiger charge is 2.17. The summed E-state index contributed by atoms with van der Waals surface area (Å²) in [5, 5.41) is 5.03. The number of para-hydroxylation sites is 1. The maximum Gasteiger partial charge on any atom is 0.321 e. The highest BCUT2D eigenvalue weighted by molar-refractivity contribution is 6.32. The summed E-state index contributed by atoms with van der Waals surface area (Å²) in [5.41, 5.74) is 0. The molecule has 0 saturated carbocycles. The van der Waals surface area contributed by atoms with Crippen molar-refractivity contribution in [3.63, 3.8) is 0 Å². The Morgan fingerprint density at radius 2 is 2.06 bits per heavy atom. The number of halogens is 1. The number of nitrogens with one attached hydrogen (secondary N) is 2. The van der Waals surface area contributed by atoms with Gasteiger partial charge in [-0.1, -0.05) is 23.7 Å². The van der Waals surface area contributed by atoms with E-state index >= 15 is 0 Å². The molecule has 3 amide bonds. The summed E-state index contributed by atoms with van der Waals surface area (Å²) in [4.78, 5) is 22.8. The fourth-order valence-electron chi connectivity index (χ4n) is 1.20. The molecule has 5 nitrogen and oxygen atoms in total. The molecule has 1 aromatic rings. The molecule has 2 N–H and O–H groups in total. The Balaban J connectivity index is 2.55. The molecule has 1 atom stereocenters. The number of carbonyl (C=O) groups excluding carboxylic acids is 2. The molecule has 0 saturated heterocycles. The molecule has 6 heteroatoms. The second-order valence-electron chi connectivity index (χ2n) is 3.54. The number of hydrogen-bond donors (Lipinski definition) is 2. The van der Waals surface area contributed by atoms with Crippen LogP contribution in [0.2, 0.25) is 5.02 Å². The van der Waals surface area contributed by atoms with Gasteiger partial charge in [-0.2, -0.15) is 0 Å². The van der Waals surface area contributed by atoms with Gasteiger partial charge in [0.1, 0.15) is 5.75 Å². The van der Waals surface area contributed by atoms with Crippen molar-refractivity contribution in [3.8, 4) is 5.75 Å². The van der Waals surface area contributed by atoms with Crippen molar-refractivity contribution in [1.82, 2.24) is 10.6 Å². The number of urea groups is 1. The number of amides is 3. The molecule has 18 heavy (non-hydrogen) atoms. The van der Waals surface area contributed by atoms with Crippen molar-refractivity contribution in [2.45, 2.75) is 20.0 Å². The van der Waals surface area contributed by atoms with E-state index in [1.54, 1.807) is 31.2 Å². The van der Waals surface area contributed by atoms with Gasteiger partial charge in [0.2, 0.25) is 0 Å². The molecular weight excluding hydrogens is 256 g/mol. The first-order valence-corrected chi connectivity index (χ1v) is 5.92. The molecule has 0 aromatic heterocycles. The predicted molar refractivity (Wildman–Crippen MR) is 68.8 cm³/mol. The lowest BCUT2D eigenvalue weighted by atomic mass is 10.3. The van der Waals surface area contributed by atoms with Gasteiger partial charge in [0.25, 0.3) is 5.91 Å². The third kappa shape index (κ3) is 4.25. The maximum atomic E-state index is 11.6. The topological polar surface area (TPSA) is 67.4 Å². The Morgan fingerprint density at radius 1 is 1.39 bits per heavy atom. The average molecular weight is 271 g/mol. The van der Waals surface area contributed by atoms with Gasteiger partial charge in [-0.25, -0.2) is 4.79 Å². The predicted octanol–water partition coefficient (Wildman–Crippen LogP) is 1.95. The number of carbonyl (C=O) groups is 2. The van der Waals surface area contributed by atoms with Crippen molar-refractivity contribution in [3.05, 3.63) is 29.3 Å². The minimum Gasteiger partial charge on any atom is -0.479 e. The van der Waals surface area contributed by atoms with Gasteiger partial charge in [-0.15, -0.1) is 0 Å². The van der Waals surface area contributed by atoms with Crippen molar-refractivity contribution in [1.29, 1.82) is 0 Å². The number of hydrogen-bond acceptors (Lipinski definition) is 3. The zero-order chi connectivity index (χ0) is 13.5. The molecule has 0 radical (unpaired) electrons. The van der Waals surface area contributed by atoms with Gasteiger partial charge in [-0.3, -0.25) is 10.1 Å². The van der Waals surface area contributed by atoms with Crippen LogP contribution >= 0.6 is 11.6 Å². The van der Waals surface area contributed by atoms with Crippen LogP contribution in [0.4, 0.5) is 4.79 Å². The van der Waals surface area contributed by atoms with Crippen LogP contribution in [0.25, 0.3) is 0 Å². The minimum absolute atomic E-state index is 0.401. The summed E-state index contributed by atoms with van der Waals surface area (Å²) < 4.78 is 5.36. The summed E-state index contributed by atoms with van der Waals surface area (Å²) >= 11 is 5.89. The number of rotatable bonds is 4. The van der Waals surface area contributed by atoms with E-state index in [1.165, 1.54) is 6.92 Å². The fraction of sp³-hybridized carbons (Fsp3) is 0.333. The molecule has 1 rings (SSSR count). The van der Waals surface area contributed by atoms with Gasteiger partial charge in [0, 0.05) is 6.54 Å². The van der Waals surface area contributed by atoms with Crippen LogP contribution in [0.15, 0.2) is 24.3 Å². The molecule has 1 aromatic carbocycles. The van der Waals surface area contributed by atoms with Gasteiger partial charge >= 0.3 is 6.03 Å². The van der Waals surface area contributed by atoms with E-state index in [9.17, 15) is 9.59 Å². The maximum absolute atomic E-state index is 11.6. The largest absolute Gasteiger partial charge is 0.479 e. The zero-order valence-corrected chi connectivity index (χ0v) is 11.0. The van der Waals surface area contributed by atoms with Gasteiger partial charge in [0.15, 0.2) is 6.10 Å². The van der Waals surface area contributed by atoms with Crippen LogP contribution in [-0.2, 0) is 4.79 Å². The van der Waals surface area contributed by atoms with Crippen molar-refractivity contribution < 1.29 is 14.3 Å². The van der Waals surface area contributed by atoms with E-state index in [0.29, 0.717) is 17.3 Å². The monoisotopic (exact) mass is 270 g/mol. The molecule has 0 bridgehead atoms. The molecule has 0 heterocycles. The van der Waals surface area contributed by atoms with Crippen LogP contribution in [0.3, 0.4) is 0 Å². The van der Waals surface area contributed by atoms with Crippen molar-refractivity contribution in [2.75, 3.05) is 6.54 Å². The molecule has 0 fully saturated rings. The SMILES string of the molecule is CCNC(=O)NC(=O)[C@H](C)Oc1ccccc1Cl. The summed E-state index contributed by atoms with van der Waals surface area (Å²) in [7, 11) is 0. The van der Waals surface area contributed by atoms with E-state index in [4.69, 9.17) is 16.3 Å². The summed E-state index contributed by atoms with van der Waals surface area (Å²) in [6.07, 6.45) is -0.812. The van der Waals surface area contributed by atoms with Crippen LogP contribution in [0, 0.1) is 0 Å². The fourth-order valence-corrected chi connectivity index (χ4v) is 1.38. The summed E-state index contributed by atoms with van der Waals surface area (Å²) in [5.74, 6) is -0.126. The molecule has 0 aliphatic carbocycles. The smallest absolute Gasteiger partial charge is 0.321 e. The number of benzene rings is 1. The Hall–Kier alpha value is -1.75. The standard InChI is InChI=1S/C12H15ClN2O3/c1-3-14-12(17)15-11(16)8(2)18-10-7-5-4-6-9(10)13/h4-8H,3H2,1-2H3,(H2,14,15,16,17)/t8-/m0/s1. The van der Waals surface area contributed by atoms with Gasteiger partial charge < -0.3 is 10.1 Å². The van der Waals surface area contributed by atoms with E-state index in [0.717, 1.165) is 0 Å². The summed E-state index contributed by atoms with van der Waals surface area (Å²) in [6.45, 7) is 3.74.